The molecule has 0 aliphatic carbocycles. The number of rotatable bonds is 8. The van der Waals surface area contributed by atoms with Crippen LogP contribution < -0.4 is 10.1 Å². The van der Waals surface area contributed by atoms with Crippen molar-refractivity contribution in [3.05, 3.63) is 60.2 Å². The first-order valence-corrected chi connectivity index (χ1v) is 10.1. The highest BCUT2D eigenvalue weighted by Gasteiger charge is 2.25. The minimum atomic E-state index is -0.204. The molecule has 1 N–H and O–H groups in total. The van der Waals surface area contributed by atoms with E-state index < -0.39 is 0 Å². The zero-order chi connectivity index (χ0) is 20.6. The molecule has 0 bridgehead atoms. The van der Waals surface area contributed by atoms with Crippen molar-refractivity contribution in [2.24, 2.45) is 0 Å². The summed E-state index contributed by atoms with van der Waals surface area (Å²) in [5, 5.41) is 2.94. The molecule has 0 saturated carbocycles. The number of amides is 1. The van der Waals surface area contributed by atoms with E-state index in [0.717, 1.165) is 38.5 Å². The van der Waals surface area contributed by atoms with Gasteiger partial charge in [-0.2, -0.15) is 0 Å². The van der Waals surface area contributed by atoms with Gasteiger partial charge in [0.2, 0.25) is 5.91 Å². The van der Waals surface area contributed by atoms with Crippen LogP contribution in [0.3, 0.4) is 0 Å². The molecule has 6 nitrogen and oxygen atoms in total. The monoisotopic (exact) mass is 395 g/mol. The summed E-state index contributed by atoms with van der Waals surface area (Å²) in [6.07, 6.45) is 0. The van der Waals surface area contributed by atoms with Crippen molar-refractivity contribution in [2.75, 3.05) is 44.6 Å². The highest BCUT2D eigenvalue weighted by atomic mass is 16.5. The Morgan fingerprint density at radius 2 is 1.66 bits per heavy atom. The van der Waals surface area contributed by atoms with Crippen LogP contribution in [0.4, 0.5) is 5.69 Å². The number of carbonyl (C=O) groups excluding carboxylic acids is 2. The Hall–Kier alpha value is -2.70. The first kappa shape index (κ1) is 21.0. The average Bonchev–Trinajstić information content (AvgIpc) is 2.75. The maximum Gasteiger partial charge on any atom is 0.241 e. The van der Waals surface area contributed by atoms with Crippen LogP contribution in [-0.2, 0) is 4.79 Å². The van der Waals surface area contributed by atoms with Crippen molar-refractivity contribution in [1.29, 1.82) is 0 Å². The maximum absolute atomic E-state index is 12.6. The number of para-hydroxylation sites is 1. The van der Waals surface area contributed by atoms with Gasteiger partial charge < -0.3 is 10.1 Å². The van der Waals surface area contributed by atoms with E-state index >= 15 is 0 Å². The summed E-state index contributed by atoms with van der Waals surface area (Å²) in [5.74, 6) is 0.887. The fourth-order valence-electron chi connectivity index (χ4n) is 3.38. The summed E-state index contributed by atoms with van der Waals surface area (Å²) >= 11 is 0. The molecule has 3 rings (SSSR count). The molecular formula is C23H29N3O3. The second-order valence-electron chi connectivity index (χ2n) is 7.34. The molecule has 1 amide bonds. The van der Waals surface area contributed by atoms with Crippen LogP contribution >= 0.6 is 0 Å². The van der Waals surface area contributed by atoms with Crippen molar-refractivity contribution in [3.63, 3.8) is 0 Å². The first-order valence-electron chi connectivity index (χ1n) is 10.1. The fraction of sp³-hybridized carbons (Fsp3) is 0.391. The van der Waals surface area contributed by atoms with E-state index in [-0.39, 0.29) is 17.7 Å². The second-order valence-corrected chi connectivity index (χ2v) is 7.34. The third-order valence-electron chi connectivity index (χ3n) is 5.31. The minimum absolute atomic E-state index is 0.0169. The molecule has 1 heterocycles. The molecule has 0 radical (unpaired) electrons. The number of benzene rings is 2. The highest BCUT2D eigenvalue weighted by molar-refractivity contribution is 5.96. The van der Waals surface area contributed by atoms with Gasteiger partial charge in [0.05, 0.1) is 6.04 Å². The number of carbonyl (C=O) groups is 2. The predicted octanol–water partition coefficient (Wildman–Crippen LogP) is 2.91. The van der Waals surface area contributed by atoms with E-state index in [1.54, 1.807) is 24.3 Å². The van der Waals surface area contributed by atoms with E-state index in [2.05, 4.69) is 15.1 Å². The standard InChI is InChI=1S/C23H29N3O3/c1-18(23(28)24-21-10-8-20(9-11-21)19(2)27)26-14-12-25(13-15-26)16-17-29-22-6-4-3-5-7-22/h3-11,18H,12-17H2,1-2H3,(H,24,28). The third-order valence-corrected chi connectivity index (χ3v) is 5.31. The molecule has 0 spiro atoms. The number of hydrogen-bond donors (Lipinski definition) is 1. The number of nitrogens with one attached hydrogen (secondary N) is 1. The van der Waals surface area contributed by atoms with Crippen molar-refractivity contribution < 1.29 is 14.3 Å². The van der Waals surface area contributed by atoms with E-state index in [0.29, 0.717) is 17.9 Å². The van der Waals surface area contributed by atoms with Crippen LogP contribution in [0, 0.1) is 0 Å². The van der Waals surface area contributed by atoms with Gasteiger partial charge in [-0.05, 0) is 50.2 Å². The highest BCUT2D eigenvalue weighted by Crippen LogP contribution is 2.13. The molecule has 1 fully saturated rings. The Balaban J connectivity index is 1.40. The van der Waals surface area contributed by atoms with Crippen LogP contribution in [0.2, 0.25) is 0 Å². The van der Waals surface area contributed by atoms with Crippen molar-refractivity contribution in [3.8, 4) is 5.75 Å². The number of hydrogen-bond acceptors (Lipinski definition) is 5. The zero-order valence-electron chi connectivity index (χ0n) is 17.1. The smallest absolute Gasteiger partial charge is 0.241 e. The van der Waals surface area contributed by atoms with Gasteiger partial charge in [0.25, 0.3) is 0 Å². The van der Waals surface area contributed by atoms with Gasteiger partial charge in [-0.25, -0.2) is 0 Å². The molecule has 6 heteroatoms. The normalized spacial score (nSPS) is 16.2. The molecule has 2 aromatic carbocycles. The quantitative estimate of drug-likeness (QED) is 0.697. The maximum atomic E-state index is 12.6. The summed E-state index contributed by atoms with van der Waals surface area (Å²) in [6, 6.07) is 16.7. The molecule has 1 atom stereocenters. The van der Waals surface area contributed by atoms with E-state index in [1.807, 2.05) is 37.3 Å². The Kier molecular flexibility index (Phi) is 7.38. The molecule has 1 saturated heterocycles. The molecule has 2 aromatic rings. The Bertz CT molecular complexity index is 800. The molecule has 1 aliphatic rings. The average molecular weight is 396 g/mol. The molecule has 1 aliphatic heterocycles. The largest absolute Gasteiger partial charge is 0.492 e. The van der Waals surface area contributed by atoms with Crippen LogP contribution in [0.25, 0.3) is 0 Å². The molecule has 1 unspecified atom stereocenters. The lowest BCUT2D eigenvalue weighted by Gasteiger charge is -2.37. The SMILES string of the molecule is CC(=O)c1ccc(NC(=O)C(C)N2CCN(CCOc3ccccc3)CC2)cc1. The Morgan fingerprint density at radius 1 is 1.00 bits per heavy atom. The Morgan fingerprint density at radius 3 is 2.28 bits per heavy atom. The number of ether oxygens (including phenoxy) is 1. The molecule has 0 aromatic heterocycles. The van der Waals surface area contributed by atoms with Gasteiger partial charge in [-0.15, -0.1) is 0 Å². The van der Waals surface area contributed by atoms with Crippen LogP contribution in [-0.4, -0.2) is 66.9 Å². The molecule has 29 heavy (non-hydrogen) atoms. The van der Waals surface area contributed by atoms with Crippen LogP contribution in [0.1, 0.15) is 24.2 Å². The third kappa shape index (κ3) is 6.14. The molecule has 154 valence electrons. The van der Waals surface area contributed by atoms with Crippen LogP contribution in [0.15, 0.2) is 54.6 Å². The number of anilines is 1. The number of Topliss-reactive ketones (excluding diaryl/α,β-unsaturated/α-hetero) is 1. The summed E-state index contributed by atoms with van der Waals surface area (Å²) in [5.41, 5.74) is 1.35. The van der Waals surface area contributed by atoms with Gasteiger partial charge in [0.15, 0.2) is 5.78 Å². The lowest BCUT2D eigenvalue weighted by Crippen LogP contribution is -2.53. The van der Waals surface area contributed by atoms with Gasteiger partial charge in [-0.3, -0.25) is 19.4 Å². The zero-order valence-corrected chi connectivity index (χ0v) is 17.1. The van der Waals surface area contributed by atoms with E-state index in [9.17, 15) is 9.59 Å². The summed E-state index contributed by atoms with van der Waals surface area (Å²) in [7, 11) is 0. The summed E-state index contributed by atoms with van der Waals surface area (Å²) < 4.78 is 5.77. The Labute approximate surface area is 172 Å². The van der Waals surface area contributed by atoms with Gasteiger partial charge in [-0.1, -0.05) is 18.2 Å². The number of ketones is 1. The predicted molar refractivity (Wildman–Crippen MR) is 114 cm³/mol. The minimum Gasteiger partial charge on any atom is -0.492 e. The number of piperazine rings is 1. The molecular weight excluding hydrogens is 366 g/mol. The summed E-state index contributed by atoms with van der Waals surface area (Å²) in [6.45, 7) is 8.55. The lowest BCUT2D eigenvalue weighted by atomic mass is 10.1. The van der Waals surface area contributed by atoms with Crippen molar-refractivity contribution >= 4 is 17.4 Å². The van der Waals surface area contributed by atoms with Crippen molar-refractivity contribution in [1.82, 2.24) is 9.80 Å². The van der Waals surface area contributed by atoms with Gasteiger partial charge in [0, 0.05) is 44.0 Å². The number of nitrogens with zero attached hydrogens (tertiary/aromatic N) is 2. The van der Waals surface area contributed by atoms with E-state index in [4.69, 9.17) is 4.74 Å². The van der Waals surface area contributed by atoms with E-state index in [1.165, 1.54) is 6.92 Å². The fourth-order valence-corrected chi connectivity index (χ4v) is 3.38. The van der Waals surface area contributed by atoms with Crippen molar-refractivity contribution in [2.45, 2.75) is 19.9 Å². The topological polar surface area (TPSA) is 61.9 Å². The van der Waals surface area contributed by atoms with Gasteiger partial charge in [0.1, 0.15) is 12.4 Å². The first-order chi connectivity index (χ1) is 14.0. The van der Waals surface area contributed by atoms with Crippen LogP contribution in [0.5, 0.6) is 5.75 Å². The van der Waals surface area contributed by atoms with Gasteiger partial charge >= 0.3 is 0 Å². The summed E-state index contributed by atoms with van der Waals surface area (Å²) in [4.78, 5) is 28.5. The second kappa shape index (κ2) is 10.2. The lowest BCUT2D eigenvalue weighted by molar-refractivity contribution is -0.121.